The van der Waals surface area contributed by atoms with Gasteiger partial charge in [-0.3, -0.25) is 9.78 Å². The van der Waals surface area contributed by atoms with Gasteiger partial charge in [-0.2, -0.15) is 0 Å². The molecule has 0 saturated carbocycles. The van der Waals surface area contributed by atoms with Gasteiger partial charge in [0.05, 0.1) is 11.9 Å². The van der Waals surface area contributed by atoms with E-state index in [4.69, 9.17) is 15.7 Å². The lowest BCUT2D eigenvalue weighted by atomic mass is 10.1. The largest absolute Gasteiger partial charge is 0.368 e. The maximum atomic E-state index is 11.4. The second kappa shape index (κ2) is 5.83. The van der Waals surface area contributed by atoms with Crippen molar-refractivity contribution >= 4 is 33.3 Å². The molecule has 122 valence electrons. The summed E-state index contributed by atoms with van der Waals surface area (Å²) in [6, 6.07) is 3.80. The lowest BCUT2D eigenvalue weighted by molar-refractivity contribution is -0.116. The smallest absolute Gasteiger partial charge is 0.236 e. The molecule has 1 aliphatic rings. The Morgan fingerprint density at radius 1 is 1.38 bits per heavy atom. The van der Waals surface area contributed by atoms with Crippen LogP contribution in [0.25, 0.3) is 21.6 Å². The highest BCUT2D eigenvalue weighted by atomic mass is 32.1. The summed E-state index contributed by atoms with van der Waals surface area (Å²) >= 11 is 1.73. The average Bonchev–Trinajstić information content (AvgIpc) is 3.14. The van der Waals surface area contributed by atoms with Crippen molar-refractivity contribution in [3.63, 3.8) is 0 Å². The van der Waals surface area contributed by atoms with Crippen molar-refractivity contribution in [2.45, 2.75) is 19.3 Å². The number of hydrogen-bond acceptors (Lipinski definition) is 6. The van der Waals surface area contributed by atoms with E-state index < -0.39 is 0 Å². The first-order chi connectivity index (χ1) is 11.6. The number of primary amides is 1. The van der Waals surface area contributed by atoms with Gasteiger partial charge in [0.25, 0.3) is 0 Å². The van der Waals surface area contributed by atoms with E-state index in [2.05, 4.69) is 4.98 Å². The lowest BCUT2D eigenvalue weighted by Gasteiger charge is -2.18. The fourth-order valence-electron chi connectivity index (χ4n) is 3.19. The van der Waals surface area contributed by atoms with E-state index in [-0.39, 0.29) is 12.5 Å². The van der Waals surface area contributed by atoms with E-state index in [0.29, 0.717) is 5.82 Å². The molecule has 0 spiro atoms. The van der Waals surface area contributed by atoms with E-state index in [9.17, 15) is 4.79 Å². The first-order valence-electron chi connectivity index (χ1n) is 7.85. The Balaban J connectivity index is 1.93. The van der Waals surface area contributed by atoms with Gasteiger partial charge in [-0.1, -0.05) is 0 Å². The molecule has 0 bridgehead atoms. The van der Waals surface area contributed by atoms with Crippen LogP contribution in [-0.2, 0) is 17.6 Å². The topological polar surface area (TPSA) is 85.0 Å². The number of nitrogens with zero attached hydrogens (tertiary/aromatic N) is 4. The lowest BCUT2D eigenvalue weighted by Crippen LogP contribution is -2.31. The zero-order chi connectivity index (χ0) is 16.7. The van der Waals surface area contributed by atoms with Crippen LogP contribution in [0.2, 0.25) is 0 Å². The first kappa shape index (κ1) is 15.0. The summed E-state index contributed by atoms with van der Waals surface area (Å²) in [4.78, 5) is 29.2. The first-order valence-corrected chi connectivity index (χ1v) is 8.67. The minimum Gasteiger partial charge on any atom is -0.368 e. The Morgan fingerprint density at radius 3 is 3.00 bits per heavy atom. The molecule has 0 aromatic carbocycles. The number of aryl methyl sites for hydroxylation is 2. The van der Waals surface area contributed by atoms with Gasteiger partial charge in [-0.15, -0.1) is 11.3 Å². The molecule has 0 atom stereocenters. The van der Waals surface area contributed by atoms with Crippen LogP contribution in [0.15, 0.2) is 24.5 Å². The van der Waals surface area contributed by atoms with Crippen LogP contribution < -0.4 is 10.6 Å². The molecule has 24 heavy (non-hydrogen) atoms. The average molecular weight is 339 g/mol. The zero-order valence-electron chi connectivity index (χ0n) is 13.3. The van der Waals surface area contributed by atoms with Gasteiger partial charge >= 0.3 is 0 Å². The van der Waals surface area contributed by atoms with Crippen LogP contribution in [-0.4, -0.2) is 34.5 Å². The fourth-order valence-corrected chi connectivity index (χ4v) is 4.44. The number of rotatable bonds is 4. The molecule has 0 radical (unpaired) electrons. The summed E-state index contributed by atoms with van der Waals surface area (Å²) in [5.74, 6) is 1.03. The number of likely N-dealkylation sites (N-methyl/N-ethyl adjacent to an activating group) is 1. The van der Waals surface area contributed by atoms with Gasteiger partial charge in [0, 0.05) is 29.9 Å². The second-order valence-corrected chi connectivity index (χ2v) is 7.06. The van der Waals surface area contributed by atoms with Crippen molar-refractivity contribution < 1.29 is 4.79 Å². The normalized spacial score (nSPS) is 13.2. The summed E-state index contributed by atoms with van der Waals surface area (Å²) in [6.45, 7) is 0.128. The van der Waals surface area contributed by atoms with Gasteiger partial charge in [-0.25, -0.2) is 9.97 Å². The van der Waals surface area contributed by atoms with Crippen molar-refractivity contribution in [2.75, 3.05) is 18.5 Å². The summed E-state index contributed by atoms with van der Waals surface area (Å²) in [6.07, 6.45) is 6.78. The third-order valence-corrected chi connectivity index (χ3v) is 5.41. The van der Waals surface area contributed by atoms with Crippen molar-refractivity contribution in [2.24, 2.45) is 5.73 Å². The highest BCUT2D eigenvalue weighted by Crippen LogP contribution is 2.41. The number of aromatic nitrogens is 3. The minimum atomic E-state index is -0.376. The molecule has 0 aliphatic heterocycles. The summed E-state index contributed by atoms with van der Waals surface area (Å²) in [5.41, 5.74) is 7.58. The quantitative estimate of drug-likeness (QED) is 0.787. The predicted octanol–water partition coefficient (Wildman–Crippen LogP) is 2.16. The number of carbonyl (C=O) groups excluding carboxylic acids is 1. The molecule has 0 fully saturated rings. The van der Waals surface area contributed by atoms with Crippen LogP contribution in [0, 0.1) is 0 Å². The zero-order valence-corrected chi connectivity index (χ0v) is 14.1. The van der Waals surface area contributed by atoms with Crippen molar-refractivity contribution in [1.29, 1.82) is 0 Å². The van der Waals surface area contributed by atoms with E-state index in [1.165, 1.54) is 16.9 Å². The molecule has 0 saturated heterocycles. The van der Waals surface area contributed by atoms with E-state index >= 15 is 0 Å². The van der Waals surface area contributed by atoms with Gasteiger partial charge in [0.1, 0.15) is 10.6 Å². The maximum Gasteiger partial charge on any atom is 0.236 e. The SMILES string of the molecule is CN(CC(N)=O)c1nc(-c2cccnc2)nc2sc3c(c12)CCC3. The molecule has 6 nitrogen and oxygen atoms in total. The van der Waals surface area contributed by atoms with E-state index in [1.807, 2.05) is 24.1 Å². The molecule has 4 rings (SSSR count). The van der Waals surface area contributed by atoms with Gasteiger partial charge < -0.3 is 10.6 Å². The number of amides is 1. The van der Waals surface area contributed by atoms with Crippen LogP contribution >= 0.6 is 11.3 Å². The number of nitrogens with two attached hydrogens (primary N) is 1. The molecule has 2 N–H and O–H groups in total. The third kappa shape index (κ3) is 2.50. The van der Waals surface area contributed by atoms with Gasteiger partial charge in [-0.05, 0) is 37.0 Å². The molecule has 3 aromatic heterocycles. The standard InChI is InChI=1S/C17H17N5OS/c1-22(9-13(18)23)16-14-11-5-2-6-12(11)24-17(14)21-15(20-16)10-4-3-7-19-8-10/h3-4,7-8H,2,5-6,9H2,1H3,(H2,18,23). The van der Waals surface area contributed by atoms with Crippen LogP contribution in [0.3, 0.4) is 0 Å². The number of hydrogen-bond donors (Lipinski definition) is 1. The number of pyridine rings is 1. The second-order valence-electron chi connectivity index (χ2n) is 5.97. The highest BCUT2D eigenvalue weighted by Gasteiger charge is 2.24. The molecule has 1 amide bonds. The Bertz CT molecular complexity index is 922. The summed E-state index contributed by atoms with van der Waals surface area (Å²) in [7, 11) is 1.85. The molecule has 3 heterocycles. The summed E-state index contributed by atoms with van der Waals surface area (Å²) in [5, 5.41) is 1.07. The minimum absolute atomic E-state index is 0.128. The molecule has 1 aliphatic carbocycles. The van der Waals surface area contributed by atoms with Crippen molar-refractivity contribution in [3.05, 3.63) is 35.0 Å². The van der Waals surface area contributed by atoms with Crippen LogP contribution in [0.4, 0.5) is 5.82 Å². The fraction of sp³-hybridized carbons (Fsp3) is 0.294. The Labute approximate surface area is 143 Å². The monoisotopic (exact) mass is 339 g/mol. The molecular formula is C17H17N5OS. The van der Waals surface area contributed by atoms with E-state index in [1.54, 1.807) is 23.7 Å². The Hall–Kier alpha value is -2.54. The number of anilines is 1. The predicted molar refractivity (Wildman–Crippen MR) is 95.1 cm³/mol. The van der Waals surface area contributed by atoms with Gasteiger partial charge in [0.15, 0.2) is 5.82 Å². The molecule has 0 unspecified atom stereocenters. The molecular weight excluding hydrogens is 322 g/mol. The number of fused-ring (bicyclic) bond motifs is 3. The van der Waals surface area contributed by atoms with E-state index in [0.717, 1.165) is 34.4 Å². The Morgan fingerprint density at radius 2 is 2.25 bits per heavy atom. The summed E-state index contributed by atoms with van der Waals surface area (Å²) < 4.78 is 0. The highest BCUT2D eigenvalue weighted by molar-refractivity contribution is 7.19. The maximum absolute atomic E-state index is 11.4. The third-order valence-electron chi connectivity index (χ3n) is 4.22. The van der Waals surface area contributed by atoms with Gasteiger partial charge in [0.2, 0.25) is 5.91 Å². The molecule has 3 aromatic rings. The number of carbonyl (C=O) groups is 1. The van der Waals surface area contributed by atoms with Crippen LogP contribution in [0.1, 0.15) is 16.9 Å². The van der Waals surface area contributed by atoms with Crippen molar-refractivity contribution in [1.82, 2.24) is 15.0 Å². The number of thiophene rings is 1. The Kier molecular flexibility index (Phi) is 3.65. The van der Waals surface area contributed by atoms with Crippen LogP contribution in [0.5, 0.6) is 0 Å². The van der Waals surface area contributed by atoms with Crippen molar-refractivity contribution in [3.8, 4) is 11.4 Å². The molecule has 7 heteroatoms.